The molecule has 0 spiro atoms. The number of H-pyrrole nitrogens is 1. The van der Waals surface area contributed by atoms with Crippen LogP contribution in [0.4, 0.5) is 0 Å². The lowest BCUT2D eigenvalue weighted by Crippen LogP contribution is -2.24. The number of hydrogen-bond acceptors (Lipinski definition) is 4. The van der Waals surface area contributed by atoms with E-state index in [1.165, 1.54) is 0 Å². The fourth-order valence-corrected chi connectivity index (χ4v) is 3.38. The van der Waals surface area contributed by atoms with E-state index in [1.54, 1.807) is 31.8 Å². The third kappa shape index (κ3) is 2.54. The highest BCUT2D eigenvalue weighted by molar-refractivity contribution is 7.89. The van der Waals surface area contributed by atoms with Crippen LogP contribution in [0.3, 0.4) is 0 Å². The summed E-state index contributed by atoms with van der Waals surface area (Å²) >= 11 is 0. The first kappa shape index (κ1) is 13.8. The molecule has 19 heavy (non-hydrogen) atoms. The standard InChI is InChI=1S/C11H17N5O2S/c1-7-10(5-12-14-7)6-13-19(17,18)11-8(2)15-16(4)9(11)3/h5,13H,6H2,1-4H3,(H,12,14). The number of nitrogens with zero attached hydrogens (tertiary/aromatic N) is 3. The molecule has 2 heterocycles. The van der Waals surface area contributed by atoms with Crippen LogP contribution in [0.2, 0.25) is 0 Å². The van der Waals surface area contributed by atoms with Crippen LogP contribution in [-0.4, -0.2) is 28.4 Å². The maximum Gasteiger partial charge on any atom is 0.244 e. The van der Waals surface area contributed by atoms with Gasteiger partial charge >= 0.3 is 0 Å². The summed E-state index contributed by atoms with van der Waals surface area (Å²) in [5.41, 5.74) is 2.79. The molecule has 0 saturated heterocycles. The van der Waals surface area contributed by atoms with Gasteiger partial charge in [0.05, 0.1) is 17.6 Å². The second-order valence-electron chi connectivity index (χ2n) is 4.47. The molecule has 0 radical (unpaired) electrons. The van der Waals surface area contributed by atoms with Gasteiger partial charge in [-0.2, -0.15) is 10.2 Å². The first-order valence-corrected chi connectivity index (χ1v) is 7.30. The van der Waals surface area contributed by atoms with Gasteiger partial charge < -0.3 is 0 Å². The Kier molecular flexibility index (Phi) is 3.46. The number of nitrogens with one attached hydrogen (secondary N) is 2. The quantitative estimate of drug-likeness (QED) is 0.857. The maximum atomic E-state index is 12.3. The minimum absolute atomic E-state index is 0.207. The summed E-state index contributed by atoms with van der Waals surface area (Å²) in [7, 11) is -1.84. The normalized spacial score (nSPS) is 12.0. The zero-order valence-electron chi connectivity index (χ0n) is 11.4. The molecular weight excluding hydrogens is 266 g/mol. The van der Waals surface area contributed by atoms with Gasteiger partial charge in [-0.15, -0.1) is 0 Å². The molecule has 0 amide bonds. The summed E-state index contributed by atoms with van der Waals surface area (Å²) in [6.45, 7) is 5.47. The number of aryl methyl sites for hydroxylation is 3. The van der Waals surface area contributed by atoms with E-state index >= 15 is 0 Å². The van der Waals surface area contributed by atoms with Gasteiger partial charge in [0, 0.05) is 24.8 Å². The molecule has 0 aliphatic carbocycles. The van der Waals surface area contributed by atoms with E-state index in [0.717, 1.165) is 11.3 Å². The SMILES string of the molecule is Cc1nn(C)c(C)c1S(=O)(=O)NCc1cn[nH]c1C. The molecule has 2 N–H and O–H groups in total. The van der Waals surface area contributed by atoms with Gasteiger partial charge in [-0.25, -0.2) is 13.1 Å². The minimum atomic E-state index is -3.57. The van der Waals surface area contributed by atoms with Gasteiger partial charge in [0.25, 0.3) is 0 Å². The predicted molar refractivity (Wildman–Crippen MR) is 70.0 cm³/mol. The minimum Gasteiger partial charge on any atom is -0.283 e. The third-order valence-electron chi connectivity index (χ3n) is 3.10. The number of hydrogen-bond donors (Lipinski definition) is 2. The van der Waals surface area contributed by atoms with Gasteiger partial charge in [0.15, 0.2) is 0 Å². The Morgan fingerprint density at radius 2 is 2.05 bits per heavy atom. The van der Waals surface area contributed by atoms with Crippen molar-refractivity contribution in [2.24, 2.45) is 7.05 Å². The summed E-state index contributed by atoms with van der Waals surface area (Å²) in [6, 6.07) is 0. The van der Waals surface area contributed by atoms with E-state index in [-0.39, 0.29) is 11.4 Å². The summed E-state index contributed by atoms with van der Waals surface area (Å²) in [6.07, 6.45) is 1.61. The van der Waals surface area contributed by atoms with Crippen molar-refractivity contribution in [2.45, 2.75) is 32.2 Å². The highest BCUT2D eigenvalue weighted by Crippen LogP contribution is 2.18. The van der Waals surface area contributed by atoms with E-state index in [4.69, 9.17) is 0 Å². The number of sulfonamides is 1. The number of aromatic amines is 1. The van der Waals surface area contributed by atoms with Crippen LogP contribution in [-0.2, 0) is 23.6 Å². The zero-order chi connectivity index (χ0) is 14.2. The Labute approximate surface area is 112 Å². The van der Waals surface area contributed by atoms with Gasteiger partial charge in [0.1, 0.15) is 4.90 Å². The average Bonchev–Trinajstić information content (AvgIpc) is 2.82. The largest absolute Gasteiger partial charge is 0.283 e. The second-order valence-corrected chi connectivity index (χ2v) is 6.17. The van der Waals surface area contributed by atoms with Crippen LogP contribution >= 0.6 is 0 Å². The molecule has 0 fully saturated rings. The van der Waals surface area contributed by atoms with Crippen molar-refractivity contribution in [3.63, 3.8) is 0 Å². The van der Waals surface area contributed by atoms with Crippen molar-refractivity contribution in [3.05, 3.63) is 28.8 Å². The summed E-state index contributed by atoms with van der Waals surface area (Å²) < 4.78 is 28.7. The molecule has 104 valence electrons. The van der Waals surface area contributed by atoms with Gasteiger partial charge in [0.2, 0.25) is 10.0 Å². The van der Waals surface area contributed by atoms with E-state index in [2.05, 4.69) is 20.0 Å². The first-order chi connectivity index (χ1) is 8.83. The van der Waals surface area contributed by atoms with Crippen molar-refractivity contribution < 1.29 is 8.42 Å². The second kappa shape index (κ2) is 4.78. The van der Waals surface area contributed by atoms with Crippen molar-refractivity contribution in [2.75, 3.05) is 0 Å². The number of aromatic nitrogens is 4. The molecule has 2 rings (SSSR count). The Morgan fingerprint density at radius 3 is 2.53 bits per heavy atom. The third-order valence-corrected chi connectivity index (χ3v) is 4.75. The molecule has 8 heteroatoms. The summed E-state index contributed by atoms with van der Waals surface area (Å²) in [5.74, 6) is 0. The van der Waals surface area contributed by atoms with Crippen LogP contribution in [0.5, 0.6) is 0 Å². The van der Waals surface area contributed by atoms with Gasteiger partial charge in [-0.3, -0.25) is 9.78 Å². The molecule has 0 bridgehead atoms. The highest BCUT2D eigenvalue weighted by atomic mass is 32.2. The summed E-state index contributed by atoms with van der Waals surface area (Å²) in [4.78, 5) is 0.246. The van der Waals surface area contributed by atoms with Crippen molar-refractivity contribution in [3.8, 4) is 0 Å². The molecule has 2 aromatic heterocycles. The molecule has 0 aliphatic heterocycles. The lowest BCUT2D eigenvalue weighted by atomic mass is 10.3. The van der Waals surface area contributed by atoms with Gasteiger partial charge in [-0.1, -0.05) is 0 Å². The van der Waals surface area contributed by atoms with E-state index in [9.17, 15) is 8.42 Å². The van der Waals surface area contributed by atoms with Crippen molar-refractivity contribution in [1.82, 2.24) is 24.7 Å². The smallest absolute Gasteiger partial charge is 0.244 e. The van der Waals surface area contributed by atoms with Crippen LogP contribution in [0.1, 0.15) is 22.6 Å². The van der Waals surface area contributed by atoms with Gasteiger partial charge in [-0.05, 0) is 20.8 Å². The summed E-state index contributed by atoms with van der Waals surface area (Å²) in [5, 5.41) is 10.7. The van der Waals surface area contributed by atoms with E-state index in [0.29, 0.717) is 11.4 Å². The first-order valence-electron chi connectivity index (χ1n) is 5.81. The molecule has 0 saturated carbocycles. The average molecular weight is 283 g/mol. The Morgan fingerprint density at radius 1 is 1.37 bits per heavy atom. The zero-order valence-corrected chi connectivity index (χ0v) is 12.2. The Balaban J connectivity index is 2.26. The lowest BCUT2D eigenvalue weighted by molar-refractivity contribution is 0.579. The molecule has 0 aliphatic rings. The molecule has 7 nitrogen and oxygen atoms in total. The van der Waals surface area contributed by atoms with Crippen LogP contribution in [0.25, 0.3) is 0 Å². The molecule has 0 aromatic carbocycles. The number of rotatable bonds is 4. The molecular formula is C11H17N5O2S. The highest BCUT2D eigenvalue weighted by Gasteiger charge is 2.23. The van der Waals surface area contributed by atoms with E-state index in [1.807, 2.05) is 6.92 Å². The van der Waals surface area contributed by atoms with Crippen LogP contribution < -0.4 is 4.72 Å². The van der Waals surface area contributed by atoms with E-state index < -0.39 is 10.0 Å². The monoisotopic (exact) mass is 283 g/mol. The Hall–Kier alpha value is -1.67. The van der Waals surface area contributed by atoms with Crippen molar-refractivity contribution in [1.29, 1.82) is 0 Å². The van der Waals surface area contributed by atoms with Crippen LogP contribution in [0.15, 0.2) is 11.1 Å². The topological polar surface area (TPSA) is 92.7 Å². The fraction of sp³-hybridized carbons (Fsp3) is 0.455. The maximum absolute atomic E-state index is 12.3. The fourth-order valence-electron chi connectivity index (χ4n) is 1.94. The predicted octanol–water partition coefficient (Wildman–Crippen LogP) is 0.547. The van der Waals surface area contributed by atoms with Crippen LogP contribution in [0, 0.1) is 20.8 Å². The molecule has 2 aromatic rings. The molecule has 0 unspecified atom stereocenters. The van der Waals surface area contributed by atoms with Crippen molar-refractivity contribution >= 4 is 10.0 Å². The lowest BCUT2D eigenvalue weighted by Gasteiger charge is -2.06. The Bertz CT molecular complexity index is 699. The molecule has 0 atom stereocenters.